The molecule has 1 unspecified atom stereocenters. The SMILES string of the molecule is CC(C)Oc1ccc(N2C(=O)C(O)=C(C(=O)c3cc4cc(Br)ccc4o3)C2c2ccc(C(C)(C)C)cc2)cc1. The number of furan rings is 1. The monoisotopic (exact) mass is 587 g/mol. The molecule has 1 N–H and O–H groups in total. The molecule has 3 aromatic carbocycles. The number of hydrogen-bond donors (Lipinski definition) is 1. The number of ketones is 1. The van der Waals surface area contributed by atoms with E-state index in [9.17, 15) is 14.7 Å². The van der Waals surface area contributed by atoms with Crippen LogP contribution in [0.4, 0.5) is 5.69 Å². The van der Waals surface area contributed by atoms with Crippen molar-refractivity contribution in [1.29, 1.82) is 0 Å². The number of anilines is 1. The zero-order chi connectivity index (χ0) is 28.1. The van der Waals surface area contributed by atoms with Gasteiger partial charge < -0.3 is 14.3 Å². The van der Waals surface area contributed by atoms with Crippen molar-refractivity contribution in [2.24, 2.45) is 0 Å². The topological polar surface area (TPSA) is 80.0 Å². The highest BCUT2D eigenvalue weighted by Gasteiger charge is 2.45. The Bertz CT molecular complexity index is 1590. The van der Waals surface area contributed by atoms with Crippen LogP contribution in [0.2, 0.25) is 0 Å². The maximum absolute atomic E-state index is 13.9. The first-order valence-corrected chi connectivity index (χ1v) is 13.6. The number of rotatable bonds is 6. The number of nitrogens with zero attached hydrogens (tertiary/aromatic N) is 1. The maximum atomic E-state index is 13.9. The van der Waals surface area contributed by atoms with Gasteiger partial charge in [-0.15, -0.1) is 0 Å². The van der Waals surface area contributed by atoms with Gasteiger partial charge in [-0.3, -0.25) is 14.5 Å². The van der Waals surface area contributed by atoms with Crippen molar-refractivity contribution in [3.8, 4) is 5.75 Å². The molecule has 0 saturated carbocycles. The second kappa shape index (κ2) is 10.0. The van der Waals surface area contributed by atoms with Gasteiger partial charge in [0.2, 0.25) is 5.78 Å². The van der Waals surface area contributed by atoms with Crippen LogP contribution in [0.15, 0.2) is 93.0 Å². The Morgan fingerprint density at radius 1 is 1.00 bits per heavy atom. The zero-order valence-electron chi connectivity index (χ0n) is 22.5. The summed E-state index contributed by atoms with van der Waals surface area (Å²) in [6.45, 7) is 10.2. The third-order valence-electron chi connectivity index (χ3n) is 6.73. The number of aliphatic hydroxyl groups is 1. The minimum Gasteiger partial charge on any atom is -0.503 e. The van der Waals surface area contributed by atoms with Crippen LogP contribution in [0.25, 0.3) is 11.0 Å². The summed E-state index contributed by atoms with van der Waals surface area (Å²) in [5.74, 6) is -1.07. The van der Waals surface area contributed by atoms with Crippen molar-refractivity contribution in [2.45, 2.75) is 52.2 Å². The summed E-state index contributed by atoms with van der Waals surface area (Å²) in [5, 5.41) is 11.9. The van der Waals surface area contributed by atoms with Gasteiger partial charge in [0.25, 0.3) is 5.91 Å². The molecule has 39 heavy (non-hydrogen) atoms. The lowest BCUT2D eigenvalue weighted by Gasteiger charge is -2.28. The number of benzene rings is 3. The van der Waals surface area contributed by atoms with Crippen molar-refractivity contribution < 1.29 is 23.8 Å². The third kappa shape index (κ3) is 5.11. The number of halogens is 1. The molecule has 0 fully saturated rings. The summed E-state index contributed by atoms with van der Waals surface area (Å²) in [6, 6.07) is 21.1. The Labute approximate surface area is 236 Å². The molecule has 7 heteroatoms. The van der Waals surface area contributed by atoms with E-state index in [4.69, 9.17) is 9.15 Å². The molecular formula is C32H30BrNO5. The number of carbonyl (C=O) groups excluding carboxylic acids is 2. The lowest BCUT2D eigenvalue weighted by molar-refractivity contribution is -0.117. The molecule has 0 bridgehead atoms. The summed E-state index contributed by atoms with van der Waals surface area (Å²) in [5.41, 5.74) is 2.78. The van der Waals surface area contributed by atoms with E-state index in [1.165, 1.54) is 4.90 Å². The second-order valence-corrected chi connectivity index (χ2v) is 11.9. The highest BCUT2D eigenvalue weighted by atomic mass is 79.9. The van der Waals surface area contributed by atoms with Gasteiger partial charge in [0.05, 0.1) is 17.7 Å². The van der Waals surface area contributed by atoms with E-state index in [0.29, 0.717) is 22.6 Å². The normalized spacial score (nSPS) is 16.0. The molecule has 0 saturated heterocycles. The molecule has 1 aliphatic rings. The van der Waals surface area contributed by atoms with E-state index < -0.39 is 23.5 Å². The Hall–Kier alpha value is -3.84. The van der Waals surface area contributed by atoms with Gasteiger partial charge in [0.1, 0.15) is 11.3 Å². The van der Waals surface area contributed by atoms with Gasteiger partial charge >= 0.3 is 0 Å². The third-order valence-corrected chi connectivity index (χ3v) is 7.23. The zero-order valence-corrected chi connectivity index (χ0v) is 24.1. The van der Waals surface area contributed by atoms with E-state index in [0.717, 1.165) is 15.4 Å². The fourth-order valence-corrected chi connectivity index (χ4v) is 5.18. The standard InChI is InChI=1S/C32H30BrNO5/c1-18(2)38-24-13-11-23(12-14-24)34-28(19-6-8-21(9-7-19)32(3,4)5)27(30(36)31(34)37)29(35)26-17-20-16-22(33)10-15-25(20)39-26/h6-18,28,36H,1-5H3. The van der Waals surface area contributed by atoms with E-state index >= 15 is 0 Å². The lowest BCUT2D eigenvalue weighted by atomic mass is 9.85. The summed E-state index contributed by atoms with van der Waals surface area (Å²) < 4.78 is 12.5. The molecule has 4 aromatic rings. The van der Waals surface area contributed by atoms with Gasteiger partial charge in [0, 0.05) is 15.5 Å². The average molecular weight is 588 g/mol. The van der Waals surface area contributed by atoms with Gasteiger partial charge in [0.15, 0.2) is 11.5 Å². The Morgan fingerprint density at radius 2 is 1.67 bits per heavy atom. The fourth-order valence-electron chi connectivity index (χ4n) is 4.80. The maximum Gasteiger partial charge on any atom is 0.294 e. The quantitative estimate of drug-likeness (QED) is 0.231. The average Bonchev–Trinajstić information content (AvgIpc) is 3.42. The van der Waals surface area contributed by atoms with Crippen LogP contribution in [0.1, 0.15) is 62.3 Å². The predicted molar refractivity (Wildman–Crippen MR) is 155 cm³/mol. The van der Waals surface area contributed by atoms with Crippen LogP contribution >= 0.6 is 15.9 Å². The minimum absolute atomic E-state index is 0.00211. The number of Topliss-reactive ketones (excluding diaryl/α,β-unsaturated/α-hetero) is 1. The van der Waals surface area contributed by atoms with Gasteiger partial charge in [-0.1, -0.05) is 61.0 Å². The highest BCUT2D eigenvalue weighted by molar-refractivity contribution is 9.10. The highest BCUT2D eigenvalue weighted by Crippen LogP contribution is 2.43. The number of hydrogen-bond acceptors (Lipinski definition) is 5. The van der Waals surface area contributed by atoms with Crippen LogP contribution in [-0.4, -0.2) is 22.9 Å². The number of ether oxygens (including phenoxy) is 1. The minimum atomic E-state index is -0.851. The predicted octanol–water partition coefficient (Wildman–Crippen LogP) is 8.06. The Kier molecular flexibility index (Phi) is 6.89. The van der Waals surface area contributed by atoms with Crippen LogP contribution < -0.4 is 9.64 Å². The molecule has 0 aliphatic carbocycles. The molecule has 2 heterocycles. The Morgan fingerprint density at radius 3 is 2.28 bits per heavy atom. The largest absolute Gasteiger partial charge is 0.503 e. The summed E-state index contributed by atoms with van der Waals surface area (Å²) in [7, 11) is 0. The van der Waals surface area contributed by atoms with Crippen molar-refractivity contribution in [1.82, 2.24) is 0 Å². The molecule has 6 nitrogen and oxygen atoms in total. The van der Waals surface area contributed by atoms with Gasteiger partial charge in [-0.25, -0.2) is 0 Å². The van der Waals surface area contributed by atoms with Crippen molar-refractivity contribution >= 4 is 44.3 Å². The molecule has 0 radical (unpaired) electrons. The van der Waals surface area contributed by atoms with Crippen LogP contribution in [-0.2, 0) is 10.2 Å². The van der Waals surface area contributed by atoms with E-state index in [1.807, 2.05) is 50.2 Å². The van der Waals surface area contributed by atoms with Crippen LogP contribution in [0, 0.1) is 0 Å². The molecular weight excluding hydrogens is 558 g/mol. The molecule has 1 aromatic heterocycles. The number of fused-ring (bicyclic) bond motifs is 1. The van der Waals surface area contributed by atoms with Crippen molar-refractivity contribution in [2.75, 3.05) is 4.90 Å². The smallest absolute Gasteiger partial charge is 0.294 e. The van der Waals surface area contributed by atoms with E-state index in [1.54, 1.807) is 36.4 Å². The van der Waals surface area contributed by atoms with Crippen molar-refractivity contribution in [3.63, 3.8) is 0 Å². The first-order valence-electron chi connectivity index (χ1n) is 12.8. The van der Waals surface area contributed by atoms with Crippen LogP contribution in [0.3, 0.4) is 0 Å². The first-order chi connectivity index (χ1) is 18.4. The van der Waals surface area contributed by atoms with Gasteiger partial charge in [-0.2, -0.15) is 0 Å². The molecule has 1 aliphatic heterocycles. The van der Waals surface area contributed by atoms with Crippen LogP contribution in [0.5, 0.6) is 5.75 Å². The Balaban J connectivity index is 1.61. The first kappa shape index (κ1) is 26.8. The summed E-state index contributed by atoms with van der Waals surface area (Å²) in [4.78, 5) is 28.9. The number of aliphatic hydroxyl groups excluding tert-OH is 1. The van der Waals surface area contributed by atoms with Gasteiger partial charge in [-0.05, 0) is 78.9 Å². The second-order valence-electron chi connectivity index (χ2n) is 11.0. The molecule has 0 spiro atoms. The lowest BCUT2D eigenvalue weighted by Crippen LogP contribution is -2.31. The van der Waals surface area contributed by atoms with E-state index in [-0.39, 0.29) is 22.9 Å². The molecule has 200 valence electrons. The molecule has 1 amide bonds. The van der Waals surface area contributed by atoms with E-state index in [2.05, 4.69) is 36.7 Å². The molecule has 1 atom stereocenters. The molecule has 5 rings (SSSR count). The summed E-state index contributed by atoms with van der Waals surface area (Å²) in [6.07, 6.45) is -0.00211. The summed E-state index contributed by atoms with van der Waals surface area (Å²) >= 11 is 3.44. The van der Waals surface area contributed by atoms with Crippen molar-refractivity contribution in [3.05, 3.63) is 105 Å². The fraction of sp³-hybridized carbons (Fsp3) is 0.250. The number of amides is 1. The number of carbonyl (C=O) groups is 2.